The first-order valence-corrected chi connectivity index (χ1v) is 10.1. The maximum Gasteiger partial charge on any atom is 0.246 e. The van der Waals surface area contributed by atoms with E-state index in [0.29, 0.717) is 44.0 Å². The van der Waals surface area contributed by atoms with E-state index < -0.39 is 10.0 Å². The lowest BCUT2D eigenvalue weighted by Gasteiger charge is -2.19. The fourth-order valence-corrected chi connectivity index (χ4v) is 4.39. The number of sulfonamides is 1. The third-order valence-electron chi connectivity index (χ3n) is 4.04. The first kappa shape index (κ1) is 19.7. The molecule has 1 fully saturated rings. The van der Waals surface area contributed by atoms with Crippen molar-refractivity contribution in [3.63, 3.8) is 0 Å². The van der Waals surface area contributed by atoms with Crippen LogP contribution in [0, 0.1) is 0 Å². The number of nitrogens with one attached hydrogen (secondary N) is 1. The summed E-state index contributed by atoms with van der Waals surface area (Å²) in [6.45, 7) is 5.03. The van der Waals surface area contributed by atoms with E-state index in [4.69, 9.17) is 10.5 Å². The molecule has 1 saturated heterocycles. The Hall–Kier alpha value is -1.64. The summed E-state index contributed by atoms with van der Waals surface area (Å²) in [4.78, 5) is 12.1. The molecule has 0 bridgehead atoms. The third kappa shape index (κ3) is 5.17. The standard InChI is InChI=1S/C17H27N3O4S/c1-3-24-15-8-7-14(19-17(21)9-6-13(2)18)12-16(15)25(22,23)20-10-4-5-11-20/h7-8,12-13H,3-6,9-11,18H2,1-2H3,(H,19,21). The van der Waals surface area contributed by atoms with Crippen molar-refractivity contribution in [2.24, 2.45) is 5.73 Å². The molecule has 0 radical (unpaired) electrons. The molecular formula is C17H27N3O4S. The normalized spacial score (nSPS) is 16.6. The maximum atomic E-state index is 12.9. The second kappa shape index (κ2) is 8.64. The number of amides is 1. The zero-order chi connectivity index (χ0) is 18.4. The molecule has 0 saturated carbocycles. The van der Waals surface area contributed by atoms with Gasteiger partial charge in [-0.3, -0.25) is 4.79 Å². The predicted octanol–water partition coefficient (Wildman–Crippen LogP) is 1.94. The van der Waals surface area contributed by atoms with Crippen molar-refractivity contribution >= 4 is 21.6 Å². The van der Waals surface area contributed by atoms with Gasteiger partial charge in [0, 0.05) is 31.2 Å². The lowest BCUT2D eigenvalue weighted by atomic mass is 10.2. The van der Waals surface area contributed by atoms with Crippen molar-refractivity contribution in [3.05, 3.63) is 18.2 Å². The van der Waals surface area contributed by atoms with E-state index in [2.05, 4.69) is 5.32 Å². The highest BCUT2D eigenvalue weighted by Crippen LogP contribution is 2.31. The number of carbonyl (C=O) groups excluding carboxylic acids is 1. The minimum atomic E-state index is -3.64. The van der Waals surface area contributed by atoms with Gasteiger partial charge in [-0.05, 0) is 51.3 Å². The molecule has 140 valence electrons. The van der Waals surface area contributed by atoms with Crippen LogP contribution in [0.25, 0.3) is 0 Å². The number of benzene rings is 1. The van der Waals surface area contributed by atoms with Crippen LogP contribution in [0.3, 0.4) is 0 Å². The Bertz CT molecular complexity index is 698. The molecule has 1 aromatic carbocycles. The molecule has 25 heavy (non-hydrogen) atoms. The number of rotatable bonds is 8. The molecule has 1 aliphatic heterocycles. The maximum absolute atomic E-state index is 12.9. The van der Waals surface area contributed by atoms with E-state index in [9.17, 15) is 13.2 Å². The Morgan fingerprint density at radius 1 is 1.36 bits per heavy atom. The van der Waals surface area contributed by atoms with Crippen LogP contribution in [0.2, 0.25) is 0 Å². The van der Waals surface area contributed by atoms with Gasteiger partial charge >= 0.3 is 0 Å². The van der Waals surface area contributed by atoms with E-state index in [0.717, 1.165) is 12.8 Å². The van der Waals surface area contributed by atoms with Gasteiger partial charge in [0.15, 0.2) is 0 Å². The fraction of sp³-hybridized carbons (Fsp3) is 0.588. The third-order valence-corrected chi connectivity index (χ3v) is 5.96. The van der Waals surface area contributed by atoms with Gasteiger partial charge in [0.2, 0.25) is 15.9 Å². The number of nitrogens with zero attached hydrogens (tertiary/aromatic N) is 1. The molecule has 1 atom stereocenters. The van der Waals surface area contributed by atoms with Gasteiger partial charge < -0.3 is 15.8 Å². The van der Waals surface area contributed by atoms with Crippen LogP contribution >= 0.6 is 0 Å². The lowest BCUT2D eigenvalue weighted by molar-refractivity contribution is -0.116. The van der Waals surface area contributed by atoms with Gasteiger partial charge in [0.25, 0.3) is 0 Å². The van der Waals surface area contributed by atoms with Crippen molar-refractivity contribution < 1.29 is 17.9 Å². The first-order chi connectivity index (χ1) is 11.8. The van der Waals surface area contributed by atoms with Crippen molar-refractivity contribution in [1.29, 1.82) is 0 Å². The summed E-state index contributed by atoms with van der Waals surface area (Å²) in [5.41, 5.74) is 6.10. The smallest absolute Gasteiger partial charge is 0.246 e. The van der Waals surface area contributed by atoms with Gasteiger partial charge in [-0.15, -0.1) is 0 Å². The first-order valence-electron chi connectivity index (χ1n) is 8.67. The van der Waals surface area contributed by atoms with Gasteiger partial charge in [-0.25, -0.2) is 8.42 Å². The molecule has 1 heterocycles. The van der Waals surface area contributed by atoms with E-state index >= 15 is 0 Å². The average Bonchev–Trinajstić information content (AvgIpc) is 3.10. The SMILES string of the molecule is CCOc1ccc(NC(=O)CCC(C)N)cc1S(=O)(=O)N1CCCC1. The highest BCUT2D eigenvalue weighted by atomic mass is 32.2. The van der Waals surface area contributed by atoms with Crippen molar-refractivity contribution in [2.45, 2.75) is 50.5 Å². The number of hydrogen-bond donors (Lipinski definition) is 2. The molecule has 0 aromatic heterocycles. The summed E-state index contributed by atoms with van der Waals surface area (Å²) in [6, 6.07) is 4.66. The molecule has 1 aromatic rings. The highest BCUT2D eigenvalue weighted by molar-refractivity contribution is 7.89. The fourth-order valence-electron chi connectivity index (χ4n) is 2.71. The number of hydrogen-bond acceptors (Lipinski definition) is 5. The van der Waals surface area contributed by atoms with Crippen molar-refractivity contribution in [2.75, 3.05) is 25.0 Å². The molecule has 3 N–H and O–H groups in total. The van der Waals surface area contributed by atoms with Crippen LogP contribution in [-0.4, -0.2) is 44.4 Å². The van der Waals surface area contributed by atoms with Crippen molar-refractivity contribution in [1.82, 2.24) is 4.31 Å². The molecule has 1 amide bonds. The van der Waals surface area contributed by atoms with E-state index in [1.807, 2.05) is 6.92 Å². The van der Waals surface area contributed by atoms with Crippen LogP contribution < -0.4 is 15.8 Å². The highest BCUT2D eigenvalue weighted by Gasteiger charge is 2.30. The number of anilines is 1. The summed E-state index contributed by atoms with van der Waals surface area (Å²) >= 11 is 0. The molecule has 1 aliphatic rings. The summed E-state index contributed by atoms with van der Waals surface area (Å²) < 4.78 is 32.8. The summed E-state index contributed by atoms with van der Waals surface area (Å²) in [5, 5.41) is 2.74. The van der Waals surface area contributed by atoms with Crippen LogP contribution in [-0.2, 0) is 14.8 Å². The monoisotopic (exact) mass is 369 g/mol. The van der Waals surface area contributed by atoms with Gasteiger partial charge in [0.05, 0.1) is 6.61 Å². The second-order valence-electron chi connectivity index (χ2n) is 6.27. The van der Waals surface area contributed by atoms with E-state index in [1.165, 1.54) is 10.4 Å². The van der Waals surface area contributed by atoms with Crippen LogP contribution in [0.1, 0.15) is 39.5 Å². The molecule has 0 spiro atoms. The van der Waals surface area contributed by atoms with Gasteiger partial charge in [-0.2, -0.15) is 4.31 Å². The lowest BCUT2D eigenvalue weighted by Crippen LogP contribution is -2.28. The molecule has 0 aliphatic carbocycles. The number of nitrogens with two attached hydrogens (primary N) is 1. The minimum Gasteiger partial charge on any atom is -0.492 e. The number of carbonyl (C=O) groups is 1. The van der Waals surface area contributed by atoms with E-state index in [1.54, 1.807) is 19.1 Å². The second-order valence-corrected chi connectivity index (χ2v) is 8.18. The molecule has 8 heteroatoms. The Morgan fingerprint density at radius 3 is 2.64 bits per heavy atom. The van der Waals surface area contributed by atoms with Crippen LogP contribution in [0.5, 0.6) is 5.75 Å². The van der Waals surface area contributed by atoms with Gasteiger partial charge in [-0.1, -0.05) is 0 Å². The average molecular weight is 369 g/mol. The quantitative estimate of drug-likeness (QED) is 0.729. The molecule has 1 unspecified atom stereocenters. The molecule has 7 nitrogen and oxygen atoms in total. The molecule has 2 rings (SSSR count). The van der Waals surface area contributed by atoms with Gasteiger partial charge in [0.1, 0.15) is 10.6 Å². The zero-order valence-electron chi connectivity index (χ0n) is 14.8. The minimum absolute atomic E-state index is 0.0582. The molecular weight excluding hydrogens is 342 g/mol. The summed E-state index contributed by atoms with van der Waals surface area (Å²) in [5.74, 6) is 0.119. The van der Waals surface area contributed by atoms with Crippen molar-refractivity contribution in [3.8, 4) is 5.75 Å². The largest absolute Gasteiger partial charge is 0.492 e. The van der Waals surface area contributed by atoms with E-state index in [-0.39, 0.29) is 16.8 Å². The Labute approximate surface area is 149 Å². The van der Waals surface area contributed by atoms with Crippen LogP contribution in [0.15, 0.2) is 23.1 Å². The topological polar surface area (TPSA) is 102 Å². The Morgan fingerprint density at radius 2 is 2.04 bits per heavy atom. The van der Waals surface area contributed by atoms with Crippen LogP contribution in [0.4, 0.5) is 5.69 Å². The predicted molar refractivity (Wildman–Crippen MR) is 97.1 cm³/mol. The zero-order valence-corrected chi connectivity index (χ0v) is 15.6. The number of ether oxygens (including phenoxy) is 1. The summed E-state index contributed by atoms with van der Waals surface area (Å²) in [6.07, 6.45) is 2.58. The Kier molecular flexibility index (Phi) is 6.80. The Balaban J connectivity index is 2.25. The summed E-state index contributed by atoms with van der Waals surface area (Å²) in [7, 11) is -3.64.